The lowest BCUT2D eigenvalue weighted by atomic mass is 9.94. The van der Waals surface area contributed by atoms with E-state index in [-0.39, 0.29) is 66.9 Å². The van der Waals surface area contributed by atoms with E-state index < -0.39 is 17.9 Å². The Labute approximate surface area is 403 Å². The highest BCUT2D eigenvalue weighted by Crippen LogP contribution is 2.35. The Balaban J connectivity index is 0.914. The van der Waals surface area contributed by atoms with Crippen LogP contribution >= 0.6 is 0 Å². The summed E-state index contributed by atoms with van der Waals surface area (Å²) in [6.45, 7) is 14.8. The lowest BCUT2D eigenvalue weighted by Gasteiger charge is -2.37. The van der Waals surface area contributed by atoms with Crippen LogP contribution < -0.4 is 31.7 Å². The number of piperazine rings is 1. The highest BCUT2D eigenvalue weighted by Gasteiger charge is 2.41. The Morgan fingerprint density at radius 3 is 2.28 bits per heavy atom. The number of aryl methyl sites for hydroxylation is 2. The van der Waals surface area contributed by atoms with Gasteiger partial charge in [-0.15, -0.1) is 0 Å². The van der Waals surface area contributed by atoms with E-state index in [9.17, 15) is 33.6 Å². The summed E-state index contributed by atoms with van der Waals surface area (Å²) >= 11 is 0. The van der Waals surface area contributed by atoms with Crippen molar-refractivity contribution in [2.75, 3.05) is 82.8 Å². The molecule has 0 radical (unpaired) electrons. The minimum Gasteiger partial charge on any atom is -0.383 e. The zero-order valence-corrected chi connectivity index (χ0v) is 40.4. The van der Waals surface area contributed by atoms with Crippen molar-refractivity contribution in [3.63, 3.8) is 0 Å². The molecule has 17 heteroatoms. The van der Waals surface area contributed by atoms with E-state index in [0.717, 1.165) is 96.2 Å². The zero-order valence-electron chi connectivity index (χ0n) is 40.4. The highest BCUT2D eigenvalue weighted by atomic mass is 16.5. The number of aldehydes is 1. The van der Waals surface area contributed by atoms with Gasteiger partial charge < -0.3 is 40.7 Å². The minimum atomic E-state index is -1.07. The third-order valence-electron chi connectivity index (χ3n) is 13.5. The summed E-state index contributed by atoms with van der Waals surface area (Å²) in [5.74, 6) is -1.83. The molecule has 69 heavy (non-hydrogen) atoms. The van der Waals surface area contributed by atoms with E-state index in [1.807, 2.05) is 32.9 Å². The van der Waals surface area contributed by atoms with Gasteiger partial charge in [-0.25, -0.2) is 0 Å². The number of aromatic nitrogens is 1. The van der Waals surface area contributed by atoms with E-state index in [1.165, 1.54) is 13.1 Å². The molecule has 17 nitrogen and oxygen atoms in total. The Hall–Kier alpha value is -6.69. The van der Waals surface area contributed by atoms with E-state index in [0.29, 0.717) is 48.9 Å². The van der Waals surface area contributed by atoms with E-state index >= 15 is 0 Å². The van der Waals surface area contributed by atoms with Crippen LogP contribution in [0.4, 0.5) is 11.4 Å². The third-order valence-corrected chi connectivity index (χ3v) is 13.5. The molecule has 4 aromatic rings. The van der Waals surface area contributed by atoms with E-state index in [1.54, 1.807) is 12.1 Å². The second kappa shape index (κ2) is 23.1. The Bertz CT molecular complexity index is 2600. The molecule has 0 spiro atoms. The number of H-pyrrole nitrogens is 1. The number of amides is 5. The van der Waals surface area contributed by atoms with Crippen molar-refractivity contribution < 1.29 is 33.5 Å². The number of hydrogen-bond acceptors (Lipinski definition) is 12. The molecule has 3 aliphatic rings. The van der Waals surface area contributed by atoms with Gasteiger partial charge in [-0.3, -0.25) is 43.5 Å². The maximum atomic E-state index is 14.0. The van der Waals surface area contributed by atoms with Gasteiger partial charge in [0.1, 0.15) is 6.29 Å². The lowest BCUT2D eigenvalue weighted by Crippen LogP contribution is -2.49. The van der Waals surface area contributed by atoms with Crippen LogP contribution in [0.15, 0.2) is 65.5 Å². The largest absolute Gasteiger partial charge is 0.383 e. The molecule has 1 unspecified atom stereocenters. The Morgan fingerprint density at radius 2 is 1.59 bits per heavy atom. The van der Waals surface area contributed by atoms with Gasteiger partial charge in [-0.2, -0.15) is 0 Å². The summed E-state index contributed by atoms with van der Waals surface area (Å²) in [4.78, 5) is 101. The molecule has 0 aliphatic carbocycles. The highest BCUT2D eigenvalue weighted by molar-refractivity contribution is 6.24. The van der Waals surface area contributed by atoms with Crippen LogP contribution in [-0.4, -0.2) is 140 Å². The van der Waals surface area contributed by atoms with Crippen molar-refractivity contribution in [1.29, 1.82) is 0 Å². The van der Waals surface area contributed by atoms with Crippen LogP contribution in [0.25, 0.3) is 11.1 Å². The molecule has 2 saturated heterocycles. The molecule has 3 aromatic carbocycles. The number of rotatable bonds is 20. The molecule has 0 saturated carbocycles. The number of pyridine rings is 1. The minimum absolute atomic E-state index is 0.00899. The maximum absolute atomic E-state index is 14.0. The van der Waals surface area contributed by atoms with Crippen LogP contribution in [0, 0.1) is 20.8 Å². The Kier molecular flexibility index (Phi) is 16.8. The van der Waals surface area contributed by atoms with Gasteiger partial charge in [-0.05, 0) is 105 Å². The summed E-state index contributed by atoms with van der Waals surface area (Å²) in [5, 5.41) is 11.6. The molecule has 7 rings (SSSR count). The van der Waals surface area contributed by atoms with Gasteiger partial charge in [-0.1, -0.05) is 30.3 Å². The lowest BCUT2D eigenvalue weighted by molar-refractivity contribution is -0.123. The topological polar surface area (TPSA) is 206 Å². The number of fused-ring (bicyclic) bond motifs is 1. The van der Waals surface area contributed by atoms with Crippen LogP contribution in [0.1, 0.15) is 91.6 Å². The first-order valence-electron chi connectivity index (χ1n) is 24.0. The summed E-state index contributed by atoms with van der Waals surface area (Å²) in [6.07, 6.45) is 2.35. The van der Waals surface area contributed by atoms with Crippen molar-refractivity contribution >= 4 is 47.2 Å². The maximum Gasteiger partial charge on any atom is 0.264 e. The standard InChI is InChI=1S/C52H65N9O8/c1-6-60(39-16-24-69-25-17-39)45-28-38(27-42(35(45)4)49(65)56-29-43-33(2)26-34(3)57-50(43)66)37-12-10-36(11-13-37)30-58-20-22-59(23-21-58)31-47(64)55-19-18-54-44-9-7-8-41-48(44)52(68)61(51(41)67)40(32-62)14-15-46(63)53-5/h7-13,26-28,32,39-40,54H,6,14-25,29-31H2,1-5H3,(H,53,63)(H,55,64)(H,56,65)(H,57,66). The second-order valence-electron chi connectivity index (χ2n) is 18.1. The second-order valence-corrected chi connectivity index (χ2v) is 18.1. The van der Waals surface area contributed by atoms with Gasteiger partial charge in [0.05, 0.1) is 23.7 Å². The van der Waals surface area contributed by atoms with E-state index in [2.05, 4.69) is 78.2 Å². The number of nitrogens with zero attached hydrogens (tertiary/aromatic N) is 4. The normalized spacial score (nSPS) is 15.9. The number of carbonyl (C=O) groups is 6. The Morgan fingerprint density at radius 1 is 0.870 bits per heavy atom. The molecule has 4 heterocycles. The zero-order chi connectivity index (χ0) is 49.2. The van der Waals surface area contributed by atoms with Crippen LogP contribution in [0.3, 0.4) is 0 Å². The van der Waals surface area contributed by atoms with Gasteiger partial charge in [0.2, 0.25) is 11.8 Å². The smallest absolute Gasteiger partial charge is 0.264 e. The number of imide groups is 1. The first-order chi connectivity index (χ1) is 33.3. The molecule has 1 atom stereocenters. The molecule has 1 aromatic heterocycles. The van der Waals surface area contributed by atoms with Gasteiger partial charge in [0.25, 0.3) is 23.3 Å². The number of ether oxygens (including phenoxy) is 1. The average molecular weight is 944 g/mol. The fraction of sp³-hybridized carbons (Fsp3) is 0.442. The predicted molar refractivity (Wildman–Crippen MR) is 264 cm³/mol. The van der Waals surface area contributed by atoms with Gasteiger partial charge >= 0.3 is 0 Å². The van der Waals surface area contributed by atoms with Crippen LogP contribution in [-0.2, 0) is 32.2 Å². The molecule has 366 valence electrons. The molecule has 5 amide bonds. The summed E-state index contributed by atoms with van der Waals surface area (Å²) in [6, 6.07) is 18.6. The van der Waals surface area contributed by atoms with Crippen molar-refractivity contribution in [2.45, 2.75) is 78.6 Å². The van der Waals surface area contributed by atoms with Gasteiger partial charge in [0.15, 0.2) is 0 Å². The van der Waals surface area contributed by atoms with Crippen molar-refractivity contribution in [3.05, 3.63) is 116 Å². The predicted octanol–water partition coefficient (Wildman–Crippen LogP) is 3.94. The molecule has 3 aliphatic heterocycles. The SMILES string of the molecule is CCN(c1cc(-c2ccc(CN3CCN(CC(=O)NCCNc4cccc5c4C(=O)N(C(C=O)CCC(=O)NC)C5=O)CC3)cc2)cc(C(=O)NCc2c(C)cc(C)[nH]c2=O)c1C)C1CCOCC1. The fourth-order valence-electron chi connectivity index (χ4n) is 9.63. The van der Waals surface area contributed by atoms with Gasteiger partial charge in [0, 0.05) is 120 Å². The molecule has 2 fully saturated rings. The number of aromatic amines is 1. The molecule has 0 bridgehead atoms. The number of benzene rings is 3. The first-order valence-corrected chi connectivity index (χ1v) is 24.0. The summed E-state index contributed by atoms with van der Waals surface area (Å²) in [5.41, 5.74) is 8.30. The number of hydrogen-bond donors (Lipinski definition) is 5. The fourth-order valence-corrected chi connectivity index (χ4v) is 9.63. The quantitative estimate of drug-likeness (QED) is 0.0486. The number of carbonyl (C=O) groups excluding carboxylic acids is 6. The first kappa shape index (κ1) is 50.2. The van der Waals surface area contributed by atoms with Crippen LogP contribution in [0.2, 0.25) is 0 Å². The monoisotopic (exact) mass is 943 g/mol. The van der Waals surface area contributed by atoms with Crippen molar-refractivity contribution in [1.82, 2.24) is 35.6 Å². The average Bonchev–Trinajstić information content (AvgIpc) is 3.60. The van der Waals surface area contributed by atoms with Crippen molar-refractivity contribution in [3.8, 4) is 11.1 Å². The molecular weight excluding hydrogens is 879 g/mol. The van der Waals surface area contributed by atoms with Crippen LogP contribution in [0.5, 0.6) is 0 Å². The van der Waals surface area contributed by atoms with Crippen molar-refractivity contribution in [2.24, 2.45) is 0 Å². The summed E-state index contributed by atoms with van der Waals surface area (Å²) in [7, 11) is 1.48. The molecular formula is C52H65N9O8. The summed E-state index contributed by atoms with van der Waals surface area (Å²) < 4.78 is 5.69. The third kappa shape index (κ3) is 12.0. The number of nitrogens with one attached hydrogen (secondary N) is 5. The molecule has 5 N–H and O–H groups in total. The van der Waals surface area contributed by atoms with E-state index in [4.69, 9.17) is 4.74 Å². The number of anilines is 2.